The molecule has 4 aliphatic carbocycles. The summed E-state index contributed by atoms with van der Waals surface area (Å²) >= 11 is 0. The standard InChI is InChI=1S/C18H34O2S.C17H34O2S.C17H32O2S.C15H31NO2S/c1-16(2,3)11-9-7-8-10-14-21(19,20)15-18(12-13-18)17(4,5)6;2*1-15(2,3)10-8-7-9-13-20(18,19)14-17(11-12-17)16(4,5)6;1-13(2,3)15(8-9-15)12-19(17,18)11-7-10-16-14(4,5)6/h7,9H,8,10-15H2,1-6H3;7-14H2,1-6H3;9,13H,7-8,10-12,14H2,1-6H3;16H,7-12H2,1-6H3/b9-7+;;13-9+;. The van der Waals surface area contributed by atoms with Crippen LogP contribution in [0.25, 0.3) is 0 Å². The van der Waals surface area contributed by atoms with Crippen molar-refractivity contribution in [3.63, 3.8) is 0 Å². The Morgan fingerprint density at radius 1 is 0.350 bits per heavy atom. The lowest BCUT2D eigenvalue weighted by molar-refractivity contribution is 0.239. The Hall–Kier alpha value is -0.760. The zero-order valence-corrected chi connectivity index (χ0v) is 60.1. The Labute approximate surface area is 498 Å². The Morgan fingerprint density at radius 2 is 0.675 bits per heavy atom. The number of nitrogens with one attached hydrogen (secondary N) is 1. The second-order valence-corrected chi connectivity index (χ2v) is 43.2. The predicted molar refractivity (Wildman–Crippen MR) is 349 cm³/mol. The topological polar surface area (TPSA) is 149 Å². The molecular formula is C67H131NO8S4. The molecule has 9 nitrogen and oxygen atoms in total. The summed E-state index contributed by atoms with van der Waals surface area (Å²) in [5.41, 5.74) is 1.65. The van der Waals surface area contributed by atoms with Gasteiger partial charge in [-0.15, -0.1) is 0 Å². The van der Waals surface area contributed by atoms with Crippen LogP contribution in [-0.4, -0.2) is 86.0 Å². The van der Waals surface area contributed by atoms with E-state index in [9.17, 15) is 33.7 Å². The third-order valence-corrected chi connectivity index (χ3v) is 25.5. The molecular weight excluding hydrogens is 1080 g/mol. The van der Waals surface area contributed by atoms with Gasteiger partial charge in [-0.05, 0) is 196 Å². The molecule has 0 saturated heterocycles. The zero-order valence-electron chi connectivity index (χ0n) is 56.8. The van der Waals surface area contributed by atoms with E-state index in [-0.39, 0.29) is 48.9 Å². The van der Waals surface area contributed by atoms with Crippen LogP contribution in [0.2, 0.25) is 0 Å². The van der Waals surface area contributed by atoms with Gasteiger partial charge in [-0.1, -0.05) is 176 Å². The second kappa shape index (κ2) is 28.8. The number of rotatable bonds is 26. The SMILES string of the molecule is CC(C)(C)C/C=C/CCCS(=O)(=O)CC1(C(C)(C)C)CC1.CC(C)(C)CCC/C=C/S(=O)(=O)CC1(C(C)(C)C)CC1.CC(C)(C)CCCCCS(=O)(=O)CC1(C(C)(C)C)CC1.CC(C)(C)NCCCS(=O)(=O)CC1(C(C)(C)C)CC1. The van der Waals surface area contributed by atoms with E-state index in [0.717, 1.165) is 116 Å². The van der Waals surface area contributed by atoms with Crippen LogP contribution in [0.5, 0.6) is 0 Å². The highest BCUT2D eigenvalue weighted by atomic mass is 32.2. The highest BCUT2D eigenvalue weighted by molar-refractivity contribution is 7.94. The van der Waals surface area contributed by atoms with Crippen molar-refractivity contribution in [3.05, 3.63) is 23.6 Å². The largest absolute Gasteiger partial charge is 0.312 e. The molecule has 0 aromatic rings. The molecule has 0 aromatic heterocycles. The van der Waals surface area contributed by atoms with Gasteiger partial charge in [0.2, 0.25) is 0 Å². The highest BCUT2D eigenvalue weighted by Crippen LogP contribution is 2.61. The van der Waals surface area contributed by atoms with Gasteiger partial charge < -0.3 is 5.32 Å². The second-order valence-electron chi connectivity index (χ2n) is 34.8. The Balaban J connectivity index is 0.000000534. The molecule has 4 rings (SSSR count). The summed E-state index contributed by atoms with van der Waals surface area (Å²) in [7, 11) is -11.8. The fourth-order valence-corrected chi connectivity index (χ4v) is 19.8. The summed E-state index contributed by atoms with van der Waals surface area (Å²) < 4.78 is 98.1. The number of unbranched alkanes of at least 4 members (excludes halogenated alkanes) is 4. The molecule has 0 spiro atoms. The first-order valence-electron chi connectivity index (χ1n) is 31.4. The summed E-state index contributed by atoms with van der Waals surface area (Å²) in [4.78, 5) is 0. The van der Waals surface area contributed by atoms with E-state index in [4.69, 9.17) is 0 Å². The zero-order chi connectivity index (χ0) is 62.6. The van der Waals surface area contributed by atoms with E-state index in [2.05, 4.69) is 184 Å². The third-order valence-electron chi connectivity index (χ3n) is 18.2. The molecule has 476 valence electrons. The Kier molecular flexibility index (Phi) is 27.8. The molecule has 4 fully saturated rings. The van der Waals surface area contributed by atoms with Gasteiger partial charge >= 0.3 is 0 Å². The smallest absolute Gasteiger partial charge is 0.171 e. The molecule has 13 heteroatoms. The normalized spacial score (nSPS) is 19.3. The Morgan fingerprint density at radius 3 is 1.00 bits per heavy atom. The molecule has 0 radical (unpaired) electrons. The number of hydrogen-bond donors (Lipinski definition) is 1. The fraction of sp³-hybridized carbons (Fsp3) is 0.940. The lowest BCUT2D eigenvalue weighted by Crippen LogP contribution is -2.37. The lowest BCUT2D eigenvalue weighted by Gasteiger charge is -2.30. The van der Waals surface area contributed by atoms with Gasteiger partial charge in [-0.3, -0.25) is 0 Å². The fourth-order valence-electron chi connectivity index (χ4n) is 10.8. The first kappa shape index (κ1) is 77.3. The minimum absolute atomic E-state index is 0.0155. The summed E-state index contributed by atoms with van der Waals surface area (Å²) in [5, 5.41) is 4.80. The molecule has 4 saturated carbocycles. The van der Waals surface area contributed by atoms with E-state index in [1.54, 1.807) is 0 Å². The van der Waals surface area contributed by atoms with Crippen LogP contribution in [0, 0.1) is 59.6 Å². The van der Waals surface area contributed by atoms with Crippen molar-refractivity contribution < 1.29 is 33.7 Å². The van der Waals surface area contributed by atoms with Crippen molar-refractivity contribution in [2.24, 2.45) is 59.6 Å². The van der Waals surface area contributed by atoms with Gasteiger partial charge in [0.1, 0.15) is 0 Å². The molecule has 4 aliphatic rings. The molecule has 0 amide bonds. The summed E-state index contributed by atoms with van der Waals surface area (Å²) in [6.45, 7) is 53.1. The van der Waals surface area contributed by atoms with Crippen molar-refractivity contribution in [1.29, 1.82) is 0 Å². The van der Waals surface area contributed by atoms with Gasteiger partial charge in [0, 0.05) is 10.9 Å². The van der Waals surface area contributed by atoms with E-state index in [0.29, 0.717) is 62.9 Å². The van der Waals surface area contributed by atoms with Crippen LogP contribution in [-0.2, 0) is 39.3 Å². The van der Waals surface area contributed by atoms with Crippen LogP contribution in [0.3, 0.4) is 0 Å². The van der Waals surface area contributed by atoms with Gasteiger partial charge in [-0.25, -0.2) is 33.7 Å². The number of hydrogen-bond acceptors (Lipinski definition) is 9. The van der Waals surface area contributed by atoms with E-state index in [1.807, 2.05) is 6.08 Å². The first-order valence-corrected chi connectivity index (χ1v) is 38.6. The van der Waals surface area contributed by atoms with Crippen molar-refractivity contribution in [3.8, 4) is 0 Å². The molecule has 0 bridgehead atoms. The van der Waals surface area contributed by atoms with E-state index in [1.165, 1.54) is 11.8 Å². The van der Waals surface area contributed by atoms with E-state index < -0.39 is 39.3 Å². The van der Waals surface area contributed by atoms with Gasteiger partial charge in [0.05, 0.1) is 40.3 Å². The molecule has 0 aromatic carbocycles. The first-order chi connectivity index (χ1) is 35.5. The van der Waals surface area contributed by atoms with Crippen molar-refractivity contribution in [1.82, 2.24) is 5.32 Å². The number of sulfone groups is 4. The maximum atomic E-state index is 12.3. The van der Waals surface area contributed by atoms with Crippen LogP contribution in [0.15, 0.2) is 23.6 Å². The highest BCUT2D eigenvalue weighted by Gasteiger charge is 2.56. The number of allylic oxidation sites excluding steroid dienone is 3. The molecule has 0 aliphatic heterocycles. The van der Waals surface area contributed by atoms with Gasteiger partial charge in [0.25, 0.3) is 0 Å². The minimum Gasteiger partial charge on any atom is -0.312 e. The van der Waals surface area contributed by atoms with Crippen LogP contribution in [0.1, 0.15) is 288 Å². The summed E-state index contributed by atoms with van der Waals surface area (Å²) in [6, 6.07) is 0. The minimum atomic E-state index is -3.06. The lowest BCUT2D eigenvalue weighted by atomic mass is 9.79. The van der Waals surface area contributed by atoms with Crippen LogP contribution < -0.4 is 5.32 Å². The third kappa shape index (κ3) is 31.6. The molecule has 0 unspecified atom stereocenters. The van der Waals surface area contributed by atoms with Crippen molar-refractivity contribution in [2.45, 2.75) is 294 Å². The maximum absolute atomic E-state index is 12.3. The van der Waals surface area contributed by atoms with Crippen LogP contribution >= 0.6 is 0 Å². The summed E-state index contributed by atoms with van der Waals surface area (Å²) in [5.74, 6) is 2.52. The average Bonchev–Trinajstić information content (AvgIpc) is 3.98. The Bertz CT molecular complexity index is 2370. The van der Waals surface area contributed by atoms with Crippen molar-refractivity contribution >= 4 is 39.3 Å². The predicted octanol–water partition coefficient (Wildman–Crippen LogP) is 17.8. The van der Waals surface area contributed by atoms with E-state index >= 15 is 0 Å². The summed E-state index contributed by atoms with van der Waals surface area (Å²) in [6.07, 6.45) is 25.3. The molecule has 0 atom stereocenters. The molecule has 0 heterocycles. The monoisotopic (exact) mass is 1210 g/mol. The van der Waals surface area contributed by atoms with Gasteiger partial charge in [-0.2, -0.15) is 0 Å². The maximum Gasteiger partial charge on any atom is 0.171 e. The van der Waals surface area contributed by atoms with Crippen LogP contribution in [0.4, 0.5) is 0 Å². The van der Waals surface area contributed by atoms with Crippen molar-refractivity contribution in [2.75, 3.05) is 46.8 Å². The quantitative estimate of drug-likeness (QED) is 0.0660. The average molecular weight is 1210 g/mol. The van der Waals surface area contributed by atoms with Gasteiger partial charge in [0.15, 0.2) is 39.3 Å². The molecule has 1 N–H and O–H groups in total. The molecule has 80 heavy (non-hydrogen) atoms.